The van der Waals surface area contributed by atoms with E-state index in [9.17, 15) is 9.18 Å². The van der Waals surface area contributed by atoms with E-state index in [1.165, 1.54) is 12.1 Å². The van der Waals surface area contributed by atoms with Gasteiger partial charge in [0.2, 0.25) is 0 Å². The summed E-state index contributed by atoms with van der Waals surface area (Å²) < 4.78 is 24.9. The van der Waals surface area contributed by atoms with E-state index in [1.807, 2.05) is 0 Å². The number of carbonyl (C=O) groups is 1. The number of hydrogen-bond donors (Lipinski definition) is 1. The van der Waals surface area contributed by atoms with E-state index in [-0.39, 0.29) is 30.0 Å². The molecule has 0 unspecified atom stereocenters. The van der Waals surface area contributed by atoms with Gasteiger partial charge in [-0.3, -0.25) is 4.79 Å². The van der Waals surface area contributed by atoms with Gasteiger partial charge in [-0.05, 0) is 31.7 Å². The van der Waals surface area contributed by atoms with Crippen molar-refractivity contribution >= 4 is 5.91 Å². The van der Waals surface area contributed by atoms with E-state index in [0.717, 1.165) is 31.2 Å². The number of fused-ring (bicyclic) bond motifs is 1. The maximum atomic E-state index is 13.4. The second kappa shape index (κ2) is 7.49. The summed E-state index contributed by atoms with van der Waals surface area (Å²) in [6.45, 7) is 1.28. The third-order valence-electron chi connectivity index (χ3n) is 4.66. The molecule has 1 aromatic rings. The molecule has 2 heterocycles. The summed E-state index contributed by atoms with van der Waals surface area (Å²) in [5.41, 5.74) is 0.993. The van der Waals surface area contributed by atoms with Crippen LogP contribution in [0.5, 0.6) is 5.75 Å². The molecule has 0 radical (unpaired) electrons. The molecular formula is C18H25FN2O3. The lowest BCUT2D eigenvalue weighted by atomic mass is 10.0. The van der Waals surface area contributed by atoms with Gasteiger partial charge < -0.3 is 19.7 Å². The van der Waals surface area contributed by atoms with Crippen LogP contribution in [0.3, 0.4) is 0 Å². The first-order chi connectivity index (χ1) is 11.5. The molecule has 1 aromatic carbocycles. The van der Waals surface area contributed by atoms with Crippen LogP contribution in [0.25, 0.3) is 0 Å². The Labute approximate surface area is 142 Å². The number of nitrogens with one attached hydrogen (secondary N) is 1. The van der Waals surface area contributed by atoms with Crippen molar-refractivity contribution in [1.82, 2.24) is 10.2 Å². The SMILES string of the molecule is CN(C)C(=O)[C@@H]1CC[C@@H](CN[C@@H]2CCCOc3cc(F)ccc32)O1. The van der Waals surface area contributed by atoms with Gasteiger partial charge in [-0.15, -0.1) is 0 Å². The predicted molar refractivity (Wildman–Crippen MR) is 88.5 cm³/mol. The van der Waals surface area contributed by atoms with Crippen molar-refractivity contribution in [3.8, 4) is 5.75 Å². The molecule has 0 aliphatic carbocycles. The predicted octanol–water partition coefficient (Wildman–Crippen LogP) is 2.26. The highest BCUT2D eigenvalue weighted by atomic mass is 19.1. The van der Waals surface area contributed by atoms with Gasteiger partial charge in [0.05, 0.1) is 12.7 Å². The Hall–Kier alpha value is -1.66. The largest absolute Gasteiger partial charge is 0.493 e. The van der Waals surface area contributed by atoms with Crippen molar-refractivity contribution in [1.29, 1.82) is 0 Å². The molecule has 0 aromatic heterocycles. The standard InChI is InChI=1S/C18H25FN2O3/c1-21(2)18(22)16-8-6-13(24-16)11-20-15-4-3-9-23-17-10-12(19)5-7-14(15)17/h5,7,10,13,15-16,20H,3-4,6,8-9,11H2,1-2H3/t13-,15+,16-/m0/s1. The molecule has 0 bridgehead atoms. The van der Waals surface area contributed by atoms with Crippen LogP contribution in [-0.4, -0.2) is 50.3 Å². The molecule has 24 heavy (non-hydrogen) atoms. The van der Waals surface area contributed by atoms with Gasteiger partial charge in [0.25, 0.3) is 5.91 Å². The molecule has 3 rings (SSSR count). The molecule has 3 atom stereocenters. The third-order valence-corrected chi connectivity index (χ3v) is 4.66. The molecule has 0 saturated carbocycles. The van der Waals surface area contributed by atoms with Crippen LogP contribution >= 0.6 is 0 Å². The number of likely N-dealkylation sites (N-methyl/N-ethyl adjacent to an activating group) is 1. The highest BCUT2D eigenvalue weighted by Gasteiger charge is 2.32. The summed E-state index contributed by atoms with van der Waals surface area (Å²) >= 11 is 0. The topological polar surface area (TPSA) is 50.8 Å². The van der Waals surface area contributed by atoms with Crippen molar-refractivity contribution in [2.45, 2.75) is 43.9 Å². The number of nitrogens with zero attached hydrogens (tertiary/aromatic N) is 1. The van der Waals surface area contributed by atoms with E-state index in [4.69, 9.17) is 9.47 Å². The van der Waals surface area contributed by atoms with E-state index in [0.29, 0.717) is 18.9 Å². The fraction of sp³-hybridized carbons (Fsp3) is 0.611. The molecule has 1 saturated heterocycles. The smallest absolute Gasteiger partial charge is 0.251 e. The Kier molecular flexibility index (Phi) is 5.36. The molecule has 6 heteroatoms. The van der Waals surface area contributed by atoms with Crippen molar-refractivity contribution < 1.29 is 18.7 Å². The summed E-state index contributed by atoms with van der Waals surface area (Å²) in [5, 5.41) is 3.52. The summed E-state index contributed by atoms with van der Waals surface area (Å²) in [6.07, 6.45) is 3.19. The second-order valence-corrected chi connectivity index (χ2v) is 6.69. The van der Waals surface area contributed by atoms with Crippen LogP contribution in [0.4, 0.5) is 4.39 Å². The summed E-state index contributed by atoms with van der Waals surface area (Å²) in [5.74, 6) is 0.373. The molecule has 0 spiro atoms. The van der Waals surface area contributed by atoms with Crippen molar-refractivity contribution in [3.63, 3.8) is 0 Å². The van der Waals surface area contributed by atoms with E-state index < -0.39 is 0 Å². The highest BCUT2D eigenvalue weighted by Crippen LogP contribution is 2.32. The summed E-state index contributed by atoms with van der Waals surface area (Å²) in [7, 11) is 3.50. The van der Waals surface area contributed by atoms with E-state index in [1.54, 1.807) is 25.1 Å². The average Bonchev–Trinajstić information content (AvgIpc) is 2.94. The van der Waals surface area contributed by atoms with Gasteiger partial charge in [-0.25, -0.2) is 4.39 Å². The number of ether oxygens (including phenoxy) is 2. The fourth-order valence-electron chi connectivity index (χ4n) is 3.36. The third kappa shape index (κ3) is 3.87. The van der Waals surface area contributed by atoms with Crippen LogP contribution in [0, 0.1) is 5.82 Å². The first-order valence-electron chi connectivity index (χ1n) is 8.57. The minimum absolute atomic E-state index is 0.0289. The molecule has 132 valence electrons. The van der Waals surface area contributed by atoms with Gasteiger partial charge in [0.1, 0.15) is 17.7 Å². The van der Waals surface area contributed by atoms with E-state index >= 15 is 0 Å². The minimum Gasteiger partial charge on any atom is -0.493 e. The number of rotatable bonds is 4. The van der Waals surface area contributed by atoms with Gasteiger partial charge in [0, 0.05) is 38.3 Å². The maximum Gasteiger partial charge on any atom is 0.251 e. The Balaban J connectivity index is 1.58. The van der Waals surface area contributed by atoms with Gasteiger partial charge in [0.15, 0.2) is 0 Å². The monoisotopic (exact) mass is 336 g/mol. The Morgan fingerprint density at radius 1 is 1.33 bits per heavy atom. The Morgan fingerprint density at radius 2 is 2.17 bits per heavy atom. The molecule has 2 aliphatic heterocycles. The Bertz CT molecular complexity index is 594. The lowest BCUT2D eigenvalue weighted by Gasteiger charge is -2.21. The van der Waals surface area contributed by atoms with Gasteiger partial charge in [-0.1, -0.05) is 6.07 Å². The fourth-order valence-corrected chi connectivity index (χ4v) is 3.36. The zero-order valence-electron chi connectivity index (χ0n) is 14.3. The van der Waals surface area contributed by atoms with Crippen LogP contribution in [0.15, 0.2) is 18.2 Å². The van der Waals surface area contributed by atoms with Crippen LogP contribution in [0.2, 0.25) is 0 Å². The van der Waals surface area contributed by atoms with Crippen molar-refractivity contribution in [3.05, 3.63) is 29.6 Å². The molecular weight excluding hydrogens is 311 g/mol. The lowest BCUT2D eigenvalue weighted by Crippen LogP contribution is -2.35. The first kappa shape index (κ1) is 17.2. The number of hydrogen-bond acceptors (Lipinski definition) is 4. The molecule has 1 fully saturated rings. The molecule has 1 N–H and O–H groups in total. The number of halogens is 1. The number of carbonyl (C=O) groups excluding carboxylic acids is 1. The van der Waals surface area contributed by atoms with Crippen LogP contribution < -0.4 is 10.1 Å². The molecule has 2 aliphatic rings. The lowest BCUT2D eigenvalue weighted by molar-refractivity contribution is -0.140. The zero-order valence-corrected chi connectivity index (χ0v) is 14.3. The quantitative estimate of drug-likeness (QED) is 0.916. The molecule has 1 amide bonds. The van der Waals surface area contributed by atoms with E-state index in [2.05, 4.69) is 5.32 Å². The number of benzene rings is 1. The Morgan fingerprint density at radius 3 is 2.96 bits per heavy atom. The normalized spacial score (nSPS) is 26.4. The number of amides is 1. The van der Waals surface area contributed by atoms with Crippen molar-refractivity contribution in [2.75, 3.05) is 27.2 Å². The minimum atomic E-state index is -0.328. The first-order valence-corrected chi connectivity index (χ1v) is 8.57. The highest BCUT2D eigenvalue weighted by molar-refractivity contribution is 5.80. The van der Waals surface area contributed by atoms with Crippen molar-refractivity contribution in [2.24, 2.45) is 0 Å². The zero-order chi connectivity index (χ0) is 17.1. The van der Waals surface area contributed by atoms with Gasteiger partial charge in [-0.2, -0.15) is 0 Å². The van der Waals surface area contributed by atoms with Crippen LogP contribution in [0.1, 0.15) is 37.3 Å². The molecule has 5 nitrogen and oxygen atoms in total. The van der Waals surface area contributed by atoms with Gasteiger partial charge >= 0.3 is 0 Å². The average molecular weight is 336 g/mol. The second-order valence-electron chi connectivity index (χ2n) is 6.69. The summed E-state index contributed by atoms with van der Waals surface area (Å²) in [6, 6.07) is 4.84. The maximum absolute atomic E-state index is 13.4. The van der Waals surface area contributed by atoms with Crippen LogP contribution in [-0.2, 0) is 9.53 Å². The summed E-state index contributed by atoms with van der Waals surface area (Å²) in [4.78, 5) is 13.5.